The van der Waals surface area contributed by atoms with Gasteiger partial charge in [0.15, 0.2) is 0 Å². The molecular formula is C20H22N4O2S2. The molecule has 0 unspecified atom stereocenters. The Kier molecular flexibility index (Phi) is 6.21. The van der Waals surface area contributed by atoms with Crippen LogP contribution in [0.5, 0.6) is 0 Å². The molecule has 0 radical (unpaired) electrons. The smallest absolute Gasteiger partial charge is 0.266 e. The van der Waals surface area contributed by atoms with E-state index in [1.54, 1.807) is 13.8 Å². The molecule has 1 aromatic carbocycles. The third kappa shape index (κ3) is 4.63. The van der Waals surface area contributed by atoms with Gasteiger partial charge in [-0.3, -0.25) is 20.4 Å². The SMILES string of the molecule is Cc1nc(CC(C)C)sc1C(=O)NNC(=O)c1sc(-c2ccccc2)nc1C. The van der Waals surface area contributed by atoms with Gasteiger partial charge in [0.05, 0.1) is 16.4 Å². The number of thiazole rings is 2. The molecule has 6 nitrogen and oxygen atoms in total. The lowest BCUT2D eigenvalue weighted by Gasteiger charge is -2.05. The lowest BCUT2D eigenvalue weighted by Crippen LogP contribution is -2.41. The number of aromatic nitrogens is 2. The summed E-state index contributed by atoms with van der Waals surface area (Å²) in [6.07, 6.45) is 0.827. The summed E-state index contributed by atoms with van der Waals surface area (Å²) in [6.45, 7) is 7.80. The first kappa shape index (κ1) is 20.2. The lowest BCUT2D eigenvalue weighted by atomic mass is 10.1. The standard InChI is InChI=1S/C20H22N4O2S2/c1-11(2)10-15-21-12(3)16(27-15)18(25)23-24-19(26)17-13(4)22-20(28-17)14-8-6-5-7-9-14/h5-9,11H,10H2,1-4H3,(H,23,25)(H,24,26). The highest BCUT2D eigenvalue weighted by molar-refractivity contribution is 7.17. The summed E-state index contributed by atoms with van der Waals surface area (Å²) >= 11 is 2.66. The quantitative estimate of drug-likeness (QED) is 0.614. The minimum atomic E-state index is -0.380. The van der Waals surface area contributed by atoms with Gasteiger partial charge < -0.3 is 0 Å². The van der Waals surface area contributed by atoms with Crippen molar-refractivity contribution in [1.82, 2.24) is 20.8 Å². The number of rotatable bonds is 5. The van der Waals surface area contributed by atoms with Crippen molar-refractivity contribution in [2.45, 2.75) is 34.1 Å². The molecule has 2 aromatic heterocycles. The van der Waals surface area contributed by atoms with Crippen molar-refractivity contribution in [3.63, 3.8) is 0 Å². The van der Waals surface area contributed by atoms with Crippen molar-refractivity contribution >= 4 is 34.5 Å². The number of aryl methyl sites for hydroxylation is 2. The fourth-order valence-electron chi connectivity index (χ4n) is 2.64. The molecule has 3 aromatic rings. The van der Waals surface area contributed by atoms with Crippen molar-refractivity contribution in [2.75, 3.05) is 0 Å². The molecule has 3 rings (SSSR count). The second-order valence-corrected chi connectivity index (χ2v) is 8.91. The van der Waals surface area contributed by atoms with E-state index in [9.17, 15) is 9.59 Å². The predicted octanol–water partition coefficient (Wildman–Crippen LogP) is 4.16. The van der Waals surface area contributed by atoms with Gasteiger partial charge in [-0.05, 0) is 19.8 Å². The minimum absolute atomic E-state index is 0.358. The van der Waals surface area contributed by atoms with E-state index >= 15 is 0 Å². The number of hydrazine groups is 1. The summed E-state index contributed by atoms with van der Waals surface area (Å²) in [5.74, 6) is -0.270. The Morgan fingerprint density at radius 2 is 1.50 bits per heavy atom. The van der Waals surface area contributed by atoms with Crippen molar-refractivity contribution in [3.05, 3.63) is 56.5 Å². The fourth-order valence-corrected chi connectivity index (χ4v) is 4.78. The average Bonchev–Trinajstić information content (AvgIpc) is 3.22. The Labute approximate surface area is 172 Å². The Morgan fingerprint density at radius 3 is 2.11 bits per heavy atom. The number of nitrogens with one attached hydrogen (secondary N) is 2. The van der Waals surface area contributed by atoms with E-state index in [0.717, 1.165) is 22.0 Å². The van der Waals surface area contributed by atoms with Gasteiger partial charge in [-0.15, -0.1) is 22.7 Å². The van der Waals surface area contributed by atoms with Gasteiger partial charge in [-0.25, -0.2) is 9.97 Å². The number of amides is 2. The first-order valence-corrected chi connectivity index (χ1v) is 10.6. The van der Waals surface area contributed by atoms with Crippen LogP contribution in [0.4, 0.5) is 0 Å². The van der Waals surface area contributed by atoms with Crippen LogP contribution in [-0.2, 0) is 6.42 Å². The maximum atomic E-state index is 12.5. The van der Waals surface area contributed by atoms with Gasteiger partial charge in [0, 0.05) is 12.0 Å². The molecule has 0 fully saturated rings. The van der Waals surface area contributed by atoms with Crippen LogP contribution in [0, 0.1) is 19.8 Å². The molecule has 0 atom stereocenters. The van der Waals surface area contributed by atoms with Gasteiger partial charge in [0.1, 0.15) is 14.8 Å². The normalized spacial score (nSPS) is 10.9. The van der Waals surface area contributed by atoms with Crippen molar-refractivity contribution in [1.29, 1.82) is 0 Å². The van der Waals surface area contributed by atoms with E-state index in [0.29, 0.717) is 27.1 Å². The summed E-state index contributed by atoms with van der Waals surface area (Å²) in [7, 11) is 0. The monoisotopic (exact) mass is 414 g/mol. The zero-order chi connectivity index (χ0) is 20.3. The van der Waals surface area contributed by atoms with E-state index in [1.807, 2.05) is 30.3 Å². The molecule has 28 heavy (non-hydrogen) atoms. The Balaban J connectivity index is 1.67. The maximum Gasteiger partial charge on any atom is 0.281 e. The van der Waals surface area contributed by atoms with Crippen molar-refractivity contribution in [2.24, 2.45) is 5.92 Å². The van der Waals surface area contributed by atoms with E-state index in [-0.39, 0.29) is 11.8 Å². The molecule has 0 spiro atoms. The van der Waals surface area contributed by atoms with Crippen LogP contribution in [0.1, 0.15) is 49.6 Å². The molecule has 0 saturated heterocycles. The fraction of sp³-hybridized carbons (Fsp3) is 0.300. The highest BCUT2D eigenvalue weighted by atomic mass is 32.1. The molecule has 0 aliphatic rings. The minimum Gasteiger partial charge on any atom is -0.266 e. The van der Waals surface area contributed by atoms with Crippen LogP contribution in [0.3, 0.4) is 0 Å². The Bertz CT molecular complexity index is 993. The van der Waals surface area contributed by atoms with E-state index in [1.165, 1.54) is 22.7 Å². The summed E-state index contributed by atoms with van der Waals surface area (Å²) in [6, 6.07) is 9.68. The molecular weight excluding hydrogens is 392 g/mol. The van der Waals surface area contributed by atoms with Gasteiger partial charge >= 0.3 is 0 Å². The number of carbonyl (C=O) groups excluding carboxylic acids is 2. The highest BCUT2D eigenvalue weighted by Crippen LogP contribution is 2.27. The van der Waals surface area contributed by atoms with Crippen LogP contribution in [0.2, 0.25) is 0 Å². The number of carbonyl (C=O) groups is 2. The molecule has 2 amide bonds. The third-order valence-corrected chi connectivity index (χ3v) is 6.33. The second kappa shape index (κ2) is 8.62. The third-order valence-electron chi connectivity index (χ3n) is 3.94. The van der Waals surface area contributed by atoms with Gasteiger partial charge in [-0.1, -0.05) is 44.2 Å². The molecule has 0 bridgehead atoms. The largest absolute Gasteiger partial charge is 0.281 e. The van der Waals surface area contributed by atoms with Gasteiger partial charge in [0.25, 0.3) is 11.8 Å². The van der Waals surface area contributed by atoms with E-state index in [2.05, 4.69) is 34.7 Å². The first-order valence-electron chi connectivity index (χ1n) is 8.95. The molecule has 2 N–H and O–H groups in total. The van der Waals surface area contributed by atoms with Crippen LogP contribution >= 0.6 is 22.7 Å². The molecule has 8 heteroatoms. The van der Waals surface area contributed by atoms with Crippen LogP contribution in [0.15, 0.2) is 30.3 Å². The molecule has 0 aliphatic carbocycles. The van der Waals surface area contributed by atoms with E-state index in [4.69, 9.17) is 0 Å². The van der Waals surface area contributed by atoms with Crippen molar-refractivity contribution < 1.29 is 9.59 Å². The summed E-state index contributed by atoms with van der Waals surface area (Å²) in [5, 5.41) is 1.70. The van der Waals surface area contributed by atoms with Gasteiger partial charge in [0.2, 0.25) is 0 Å². The van der Waals surface area contributed by atoms with Crippen LogP contribution in [0.25, 0.3) is 10.6 Å². The number of benzene rings is 1. The average molecular weight is 415 g/mol. The predicted molar refractivity (Wildman–Crippen MR) is 113 cm³/mol. The summed E-state index contributed by atoms with van der Waals surface area (Å²) in [4.78, 5) is 34.9. The topological polar surface area (TPSA) is 84.0 Å². The van der Waals surface area contributed by atoms with Gasteiger partial charge in [-0.2, -0.15) is 0 Å². The number of hydrogen-bond donors (Lipinski definition) is 2. The molecule has 2 heterocycles. The van der Waals surface area contributed by atoms with Crippen LogP contribution in [-0.4, -0.2) is 21.8 Å². The zero-order valence-corrected chi connectivity index (χ0v) is 17.8. The lowest BCUT2D eigenvalue weighted by molar-refractivity contribution is 0.0850. The zero-order valence-electron chi connectivity index (χ0n) is 16.2. The number of nitrogens with zero attached hydrogens (tertiary/aromatic N) is 2. The Morgan fingerprint density at radius 1 is 0.929 bits per heavy atom. The highest BCUT2D eigenvalue weighted by Gasteiger charge is 2.19. The van der Waals surface area contributed by atoms with Crippen LogP contribution < -0.4 is 10.9 Å². The Hall–Kier alpha value is -2.58. The first-order chi connectivity index (χ1) is 13.3. The molecule has 0 aliphatic heterocycles. The second-order valence-electron chi connectivity index (χ2n) is 6.83. The number of hydrogen-bond acceptors (Lipinski definition) is 6. The van der Waals surface area contributed by atoms with Crippen molar-refractivity contribution in [3.8, 4) is 10.6 Å². The summed E-state index contributed by atoms with van der Waals surface area (Å²) in [5.41, 5.74) is 7.24. The van der Waals surface area contributed by atoms with E-state index < -0.39 is 0 Å². The molecule has 146 valence electrons. The molecule has 0 saturated carbocycles. The summed E-state index contributed by atoms with van der Waals surface area (Å²) < 4.78 is 0. The maximum absolute atomic E-state index is 12.5.